The van der Waals surface area contributed by atoms with Crippen molar-refractivity contribution in [2.45, 2.75) is 6.42 Å². The third-order valence-electron chi connectivity index (χ3n) is 2.17. The van der Waals surface area contributed by atoms with Crippen molar-refractivity contribution in [3.05, 3.63) is 29.6 Å². The van der Waals surface area contributed by atoms with Crippen molar-refractivity contribution < 1.29 is 19.0 Å². The molecule has 4 nitrogen and oxygen atoms in total. The molecule has 0 radical (unpaired) electrons. The minimum absolute atomic E-state index is 0.0884. The van der Waals surface area contributed by atoms with Crippen LogP contribution in [0.2, 0.25) is 0 Å². The summed E-state index contributed by atoms with van der Waals surface area (Å²) < 4.78 is 18.4. The van der Waals surface area contributed by atoms with Gasteiger partial charge in [0, 0.05) is 25.1 Å². The van der Waals surface area contributed by atoms with Gasteiger partial charge >= 0.3 is 0 Å². The summed E-state index contributed by atoms with van der Waals surface area (Å²) in [6.07, 6.45) is 0.627. The molecule has 2 N–H and O–H groups in total. The average molecular weight is 276 g/mol. The van der Waals surface area contributed by atoms with E-state index in [0.29, 0.717) is 32.1 Å². The van der Waals surface area contributed by atoms with Crippen LogP contribution >= 0.6 is 11.6 Å². The molecule has 1 amide bonds. The first-order valence-electron chi connectivity index (χ1n) is 5.55. The molecule has 0 bridgehead atoms. The number of hydrogen-bond acceptors (Lipinski definition) is 3. The van der Waals surface area contributed by atoms with Gasteiger partial charge in [-0.15, -0.1) is 11.6 Å². The molecule has 0 unspecified atom stereocenters. The summed E-state index contributed by atoms with van der Waals surface area (Å²) in [4.78, 5) is 11.6. The van der Waals surface area contributed by atoms with Crippen molar-refractivity contribution in [3.8, 4) is 5.75 Å². The molecule has 0 heterocycles. The largest absolute Gasteiger partial charge is 0.508 e. The van der Waals surface area contributed by atoms with E-state index in [1.165, 1.54) is 12.1 Å². The lowest BCUT2D eigenvalue weighted by molar-refractivity contribution is 0.0940. The molecule has 0 saturated heterocycles. The molecule has 0 aliphatic carbocycles. The van der Waals surface area contributed by atoms with Gasteiger partial charge in [-0.25, -0.2) is 4.39 Å². The maximum Gasteiger partial charge on any atom is 0.254 e. The Hall–Kier alpha value is -1.33. The van der Waals surface area contributed by atoms with Crippen molar-refractivity contribution in [2.75, 3.05) is 25.6 Å². The van der Waals surface area contributed by atoms with E-state index in [1.54, 1.807) is 0 Å². The highest BCUT2D eigenvalue weighted by Gasteiger charge is 2.11. The number of benzene rings is 1. The summed E-state index contributed by atoms with van der Waals surface area (Å²) in [6.45, 7) is 1.36. The van der Waals surface area contributed by atoms with Crippen LogP contribution in [0.4, 0.5) is 4.39 Å². The third kappa shape index (κ3) is 4.89. The maximum absolute atomic E-state index is 13.3. The summed E-state index contributed by atoms with van der Waals surface area (Å²) in [5.41, 5.74) is -0.0884. The fourth-order valence-corrected chi connectivity index (χ4v) is 1.43. The first-order valence-corrected chi connectivity index (χ1v) is 6.09. The van der Waals surface area contributed by atoms with E-state index >= 15 is 0 Å². The lowest BCUT2D eigenvalue weighted by atomic mass is 10.2. The average Bonchev–Trinajstić information content (AvgIpc) is 2.33. The zero-order chi connectivity index (χ0) is 13.4. The number of halogens is 2. The zero-order valence-corrected chi connectivity index (χ0v) is 10.5. The van der Waals surface area contributed by atoms with E-state index in [9.17, 15) is 9.18 Å². The SMILES string of the molecule is O=C(NCCCOCCCl)c1ccc(O)cc1F. The number of carbonyl (C=O) groups is 1. The molecule has 1 aromatic carbocycles. The second-order valence-electron chi connectivity index (χ2n) is 3.57. The number of alkyl halides is 1. The number of phenolic OH excluding ortho intramolecular Hbond substituents is 1. The summed E-state index contributed by atoms with van der Waals surface area (Å²) in [5.74, 6) is -1.03. The Bertz CT molecular complexity index is 401. The van der Waals surface area contributed by atoms with Gasteiger partial charge in [0.1, 0.15) is 11.6 Å². The molecule has 18 heavy (non-hydrogen) atoms. The Balaban J connectivity index is 2.32. The molecule has 100 valence electrons. The molecule has 0 aliphatic heterocycles. The van der Waals surface area contributed by atoms with E-state index in [1.807, 2.05) is 0 Å². The zero-order valence-electron chi connectivity index (χ0n) is 9.79. The second kappa shape index (κ2) is 7.89. The normalized spacial score (nSPS) is 10.3. The van der Waals surface area contributed by atoms with Gasteiger partial charge in [-0.3, -0.25) is 4.79 Å². The van der Waals surface area contributed by atoms with Gasteiger partial charge < -0.3 is 15.2 Å². The van der Waals surface area contributed by atoms with Gasteiger partial charge in [0.15, 0.2) is 0 Å². The summed E-state index contributed by atoms with van der Waals surface area (Å²) in [5, 5.41) is 11.6. The topological polar surface area (TPSA) is 58.6 Å². The highest BCUT2D eigenvalue weighted by atomic mass is 35.5. The number of amides is 1. The van der Waals surface area contributed by atoms with Crippen molar-refractivity contribution in [2.24, 2.45) is 0 Å². The van der Waals surface area contributed by atoms with Crippen molar-refractivity contribution in [3.63, 3.8) is 0 Å². The highest BCUT2D eigenvalue weighted by molar-refractivity contribution is 6.17. The predicted octanol–water partition coefficient (Wildman–Crippen LogP) is 1.91. The van der Waals surface area contributed by atoms with E-state index < -0.39 is 11.7 Å². The van der Waals surface area contributed by atoms with Gasteiger partial charge in [-0.2, -0.15) is 0 Å². The molecule has 0 spiro atoms. The Morgan fingerprint density at radius 2 is 2.22 bits per heavy atom. The smallest absolute Gasteiger partial charge is 0.254 e. The number of ether oxygens (including phenoxy) is 1. The Morgan fingerprint density at radius 3 is 2.89 bits per heavy atom. The maximum atomic E-state index is 13.3. The van der Waals surface area contributed by atoms with Crippen molar-refractivity contribution >= 4 is 17.5 Å². The van der Waals surface area contributed by atoms with E-state index in [2.05, 4.69) is 5.32 Å². The number of rotatable bonds is 7. The van der Waals surface area contributed by atoms with Crippen LogP contribution in [0, 0.1) is 5.82 Å². The lowest BCUT2D eigenvalue weighted by Crippen LogP contribution is -2.26. The minimum atomic E-state index is -0.745. The summed E-state index contributed by atoms with van der Waals surface area (Å²) in [7, 11) is 0. The van der Waals surface area contributed by atoms with E-state index in [-0.39, 0.29) is 11.3 Å². The van der Waals surface area contributed by atoms with Crippen LogP contribution in [0.25, 0.3) is 0 Å². The molecule has 6 heteroatoms. The first kappa shape index (κ1) is 14.7. The minimum Gasteiger partial charge on any atom is -0.508 e. The molecule has 0 aromatic heterocycles. The predicted molar refractivity (Wildman–Crippen MR) is 66.6 cm³/mol. The molecule has 0 aliphatic rings. The summed E-state index contributed by atoms with van der Waals surface area (Å²) >= 11 is 5.42. The molecule has 0 atom stereocenters. The number of nitrogens with one attached hydrogen (secondary N) is 1. The first-order chi connectivity index (χ1) is 8.65. The van der Waals surface area contributed by atoms with Gasteiger partial charge in [-0.1, -0.05) is 0 Å². The molecule has 0 saturated carbocycles. The van der Waals surface area contributed by atoms with Gasteiger partial charge in [0.2, 0.25) is 0 Å². The standard InChI is InChI=1S/C12H15ClFNO3/c13-4-7-18-6-1-5-15-12(17)10-3-2-9(16)8-11(10)14/h2-3,8,16H,1,4-7H2,(H,15,17). The van der Waals surface area contributed by atoms with Gasteiger partial charge in [-0.05, 0) is 18.6 Å². The summed E-state index contributed by atoms with van der Waals surface area (Å²) in [6, 6.07) is 3.41. The quantitative estimate of drug-likeness (QED) is 0.590. The number of hydrogen-bond donors (Lipinski definition) is 2. The fourth-order valence-electron chi connectivity index (χ4n) is 1.32. The molecular weight excluding hydrogens is 261 g/mol. The van der Waals surface area contributed by atoms with Crippen LogP contribution in [-0.4, -0.2) is 36.7 Å². The lowest BCUT2D eigenvalue weighted by Gasteiger charge is -2.06. The van der Waals surface area contributed by atoms with Gasteiger partial charge in [0.05, 0.1) is 12.2 Å². The fraction of sp³-hybridized carbons (Fsp3) is 0.417. The molecule has 1 aromatic rings. The second-order valence-corrected chi connectivity index (χ2v) is 3.95. The van der Waals surface area contributed by atoms with Crippen molar-refractivity contribution in [1.82, 2.24) is 5.32 Å². The van der Waals surface area contributed by atoms with Crippen LogP contribution in [-0.2, 0) is 4.74 Å². The monoisotopic (exact) mass is 275 g/mol. The van der Waals surface area contributed by atoms with Gasteiger partial charge in [0.25, 0.3) is 5.91 Å². The molecule has 0 fully saturated rings. The van der Waals surface area contributed by atoms with Crippen LogP contribution in [0.15, 0.2) is 18.2 Å². The number of phenols is 1. The van der Waals surface area contributed by atoms with Crippen LogP contribution in [0.5, 0.6) is 5.75 Å². The molecule has 1 rings (SSSR count). The number of carbonyl (C=O) groups excluding carboxylic acids is 1. The van der Waals surface area contributed by atoms with Crippen LogP contribution in [0.3, 0.4) is 0 Å². The number of aromatic hydroxyl groups is 1. The highest BCUT2D eigenvalue weighted by Crippen LogP contribution is 2.14. The van der Waals surface area contributed by atoms with Crippen molar-refractivity contribution in [1.29, 1.82) is 0 Å². The van der Waals surface area contributed by atoms with E-state index in [4.69, 9.17) is 21.4 Å². The Kier molecular flexibility index (Phi) is 6.46. The Morgan fingerprint density at radius 1 is 1.44 bits per heavy atom. The van der Waals surface area contributed by atoms with Crippen LogP contribution in [0.1, 0.15) is 16.8 Å². The Labute approximate surface area is 110 Å². The third-order valence-corrected chi connectivity index (χ3v) is 2.32. The molecular formula is C12H15ClFNO3. The van der Waals surface area contributed by atoms with Crippen LogP contribution < -0.4 is 5.32 Å². The van der Waals surface area contributed by atoms with E-state index in [0.717, 1.165) is 6.07 Å².